The smallest absolute Gasteiger partial charge is 0.256 e. The Morgan fingerprint density at radius 1 is 1.20 bits per heavy atom. The van der Waals surface area contributed by atoms with Crippen molar-refractivity contribution in [3.05, 3.63) is 24.3 Å². The van der Waals surface area contributed by atoms with Crippen molar-refractivity contribution in [3.8, 4) is 5.75 Å². The minimum Gasteiger partial charge on any atom is -0.494 e. The quantitative estimate of drug-likeness (QED) is 0.430. The Balaban J connectivity index is 1.76. The highest BCUT2D eigenvalue weighted by molar-refractivity contribution is 5.97. The van der Waals surface area contributed by atoms with E-state index in [1.165, 1.54) is 25.9 Å². The Hall–Kier alpha value is -1.59. The van der Waals surface area contributed by atoms with Gasteiger partial charge in [-0.15, -0.1) is 0 Å². The number of amides is 1. The average Bonchev–Trinajstić information content (AvgIpc) is 2.73. The molecule has 0 aromatic heterocycles. The molecule has 1 amide bonds. The first kappa shape index (κ1) is 24.7. The number of carbonyl (C=O) groups is 1. The molecule has 1 aliphatic rings. The van der Waals surface area contributed by atoms with Gasteiger partial charge < -0.3 is 19.7 Å². The number of nitrogens with zero attached hydrogens (tertiary/aromatic N) is 1. The molecule has 5 heteroatoms. The second-order valence-electron chi connectivity index (χ2n) is 8.85. The lowest BCUT2D eigenvalue weighted by Crippen LogP contribution is -2.42. The third kappa shape index (κ3) is 8.27. The van der Waals surface area contributed by atoms with E-state index < -0.39 is 5.60 Å². The van der Waals surface area contributed by atoms with Crippen LogP contribution in [0.2, 0.25) is 0 Å². The van der Waals surface area contributed by atoms with Crippen LogP contribution in [-0.4, -0.2) is 49.3 Å². The average molecular weight is 419 g/mol. The van der Waals surface area contributed by atoms with Crippen molar-refractivity contribution in [1.82, 2.24) is 4.90 Å². The molecular weight excluding hydrogens is 376 g/mol. The van der Waals surface area contributed by atoms with E-state index in [0.29, 0.717) is 6.61 Å². The standard InChI is InChI=1S/C25H42N2O3/c1-5-7-8-16-25(4,30-6-2)24(28)26-22-12-14-23(15-13-22)29-19-10-18-27-17-9-11-21(3)20-27/h12-15,21H,5-11,16-20H2,1-4H3,(H,26,28). The molecule has 1 saturated heterocycles. The number of anilines is 1. The SMILES string of the molecule is CCCCCC(C)(OCC)C(=O)Nc1ccc(OCCCN2CCCC(C)C2)cc1. The molecule has 0 aliphatic carbocycles. The summed E-state index contributed by atoms with van der Waals surface area (Å²) in [5.41, 5.74) is -0.0125. The first-order valence-corrected chi connectivity index (χ1v) is 11.9. The Morgan fingerprint density at radius 3 is 2.63 bits per heavy atom. The summed E-state index contributed by atoms with van der Waals surface area (Å²) in [7, 11) is 0. The number of ether oxygens (including phenoxy) is 2. The molecule has 170 valence electrons. The van der Waals surface area contributed by atoms with Gasteiger partial charge in [0.1, 0.15) is 11.4 Å². The van der Waals surface area contributed by atoms with E-state index in [2.05, 4.69) is 24.1 Å². The number of rotatable bonds is 13. The number of nitrogens with one attached hydrogen (secondary N) is 1. The van der Waals surface area contributed by atoms with Crippen LogP contribution in [0.25, 0.3) is 0 Å². The molecule has 0 radical (unpaired) electrons. The van der Waals surface area contributed by atoms with Crippen molar-refractivity contribution in [2.24, 2.45) is 5.92 Å². The van der Waals surface area contributed by atoms with Crippen LogP contribution in [0.5, 0.6) is 5.75 Å². The largest absolute Gasteiger partial charge is 0.494 e. The van der Waals surface area contributed by atoms with Crippen molar-refractivity contribution in [2.45, 2.75) is 78.2 Å². The molecule has 0 saturated carbocycles. The van der Waals surface area contributed by atoms with Gasteiger partial charge in [0.2, 0.25) is 0 Å². The van der Waals surface area contributed by atoms with Gasteiger partial charge >= 0.3 is 0 Å². The van der Waals surface area contributed by atoms with E-state index in [9.17, 15) is 4.79 Å². The number of carbonyl (C=O) groups excluding carboxylic acids is 1. The molecule has 1 aromatic rings. The van der Waals surface area contributed by atoms with E-state index in [1.54, 1.807) is 0 Å². The Morgan fingerprint density at radius 2 is 1.97 bits per heavy atom. The molecule has 1 aromatic carbocycles. The summed E-state index contributed by atoms with van der Waals surface area (Å²) in [5.74, 6) is 1.58. The Labute approximate surface area is 183 Å². The Bertz CT molecular complexity index is 619. The predicted octanol–water partition coefficient (Wildman–Crippen LogP) is 5.50. The van der Waals surface area contributed by atoms with E-state index in [4.69, 9.17) is 9.47 Å². The zero-order chi connectivity index (χ0) is 21.8. The number of unbranched alkanes of at least 4 members (excludes halogenated alkanes) is 2. The second-order valence-corrected chi connectivity index (χ2v) is 8.85. The highest BCUT2D eigenvalue weighted by atomic mass is 16.5. The van der Waals surface area contributed by atoms with Crippen LogP contribution in [0.1, 0.15) is 72.6 Å². The maximum atomic E-state index is 12.8. The zero-order valence-corrected chi connectivity index (χ0v) is 19.5. The summed E-state index contributed by atoms with van der Waals surface area (Å²) in [4.78, 5) is 15.4. The van der Waals surface area contributed by atoms with E-state index >= 15 is 0 Å². The fourth-order valence-electron chi connectivity index (χ4n) is 4.15. The molecule has 5 nitrogen and oxygen atoms in total. The number of benzene rings is 1. The monoisotopic (exact) mass is 418 g/mol. The minimum atomic E-state index is -0.787. The first-order chi connectivity index (χ1) is 14.5. The van der Waals surface area contributed by atoms with Crippen LogP contribution >= 0.6 is 0 Å². The molecular formula is C25H42N2O3. The van der Waals surface area contributed by atoms with Crippen molar-refractivity contribution in [1.29, 1.82) is 0 Å². The number of piperidine rings is 1. The number of hydrogen-bond donors (Lipinski definition) is 1. The second kappa shape index (κ2) is 13.0. The third-order valence-corrected chi connectivity index (χ3v) is 5.94. The fraction of sp³-hybridized carbons (Fsp3) is 0.720. The van der Waals surface area contributed by atoms with Crippen LogP contribution in [0, 0.1) is 5.92 Å². The van der Waals surface area contributed by atoms with Gasteiger partial charge in [-0.25, -0.2) is 0 Å². The van der Waals surface area contributed by atoms with Crippen LogP contribution in [0.15, 0.2) is 24.3 Å². The molecule has 1 heterocycles. The summed E-state index contributed by atoms with van der Waals surface area (Å²) in [5, 5.41) is 3.01. The van der Waals surface area contributed by atoms with Gasteiger partial charge in [0.05, 0.1) is 6.61 Å². The normalized spacial score (nSPS) is 19.3. The van der Waals surface area contributed by atoms with Crippen LogP contribution in [0.3, 0.4) is 0 Å². The maximum Gasteiger partial charge on any atom is 0.256 e. The molecule has 2 unspecified atom stereocenters. The molecule has 2 rings (SSSR count). The lowest BCUT2D eigenvalue weighted by atomic mass is 9.96. The number of hydrogen-bond acceptors (Lipinski definition) is 4. The maximum absolute atomic E-state index is 12.8. The zero-order valence-electron chi connectivity index (χ0n) is 19.5. The minimum absolute atomic E-state index is 0.0788. The number of likely N-dealkylation sites (tertiary alicyclic amines) is 1. The predicted molar refractivity (Wildman–Crippen MR) is 124 cm³/mol. The Kier molecular flexibility index (Phi) is 10.7. The summed E-state index contributed by atoms with van der Waals surface area (Å²) < 4.78 is 11.7. The van der Waals surface area contributed by atoms with Crippen molar-refractivity contribution >= 4 is 11.6 Å². The van der Waals surface area contributed by atoms with Crippen molar-refractivity contribution in [3.63, 3.8) is 0 Å². The van der Waals surface area contributed by atoms with Gasteiger partial charge in [0.25, 0.3) is 5.91 Å². The highest BCUT2D eigenvalue weighted by Crippen LogP contribution is 2.23. The van der Waals surface area contributed by atoms with Gasteiger partial charge in [0, 0.05) is 25.4 Å². The van der Waals surface area contributed by atoms with E-state index in [-0.39, 0.29) is 5.91 Å². The molecule has 1 N–H and O–H groups in total. The summed E-state index contributed by atoms with van der Waals surface area (Å²) in [6.45, 7) is 13.1. The fourth-order valence-corrected chi connectivity index (χ4v) is 4.15. The van der Waals surface area contributed by atoms with Gasteiger partial charge in [-0.1, -0.05) is 33.1 Å². The molecule has 1 aliphatic heterocycles. The molecule has 30 heavy (non-hydrogen) atoms. The van der Waals surface area contributed by atoms with E-state index in [0.717, 1.165) is 62.6 Å². The first-order valence-electron chi connectivity index (χ1n) is 11.9. The summed E-state index contributed by atoms with van der Waals surface area (Å²) in [6, 6.07) is 7.65. The van der Waals surface area contributed by atoms with E-state index in [1.807, 2.05) is 38.1 Å². The summed E-state index contributed by atoms with van der Waals surface area (Å²) in [6.07, 6.45) is 7.67. The van der Waals surface area contributed by atoms with Gasteiger partial charge in [-0.05, 0) is 76.3 Å². The van der Waals surface area contributed by atoms with Crippen molar-refractivity contribution < 1.29 is 14.3 Å². The van der Waals surface area contributed by atoms with Gasteiger partial charge in [-0.3, -0.25) is 4.79 Å². The molecule has 0 spiro atoms. The van der Waals surface area contributed by atoms with Crippen LogP contribution < -0.4 is 10.1 Å². The van der Waals surface area contributed by atoms with Gasteiger partial charge in [-0.2, -0.15) is 0 Å². The molecule has 0 bridgehead atoms. The van der Waals surface area contributed by atoms with Crippen LogP contribution in [0.4, 0.5) is 5.69 Å². The van der Waals surface area contributed by atoms with Gasteiger partial charge in [0.15, 0.2) is 0 Å². The van der Waals surface area contributed by atoms with Crippen LogP contribution in [-0.2, 0) is 9.53 Å². The third-order valence-electron chi connectivity index (χ3n) is 5.94. The highest BCUT2D eigenvalue weighted by Gasteiger charge is 2.33. The topological polar surface area (TPSA) is 50.8 Å². The molecule has 2 atom stereocenters. The summed E-state index contributed by atoms with van der Waals surface area (Å²) >= 11 is 0. The van der Waals surface area contributed by atoms with Crippen molar-refractivity contribution in [2.75, 3.05) is 38.2 Å². The lowest BCUT2D eigenvalue weighted by molar-refractivity contribution is -0.139. The molecule has 1 fully saturated rings. The lowest BCUT2D eigenvalue weighted by Gasteiger charge is -2.30.